The molecular formula is C18H28BN3O5S. The standard InChI is InChI=1S/C18H28BN3O5S/c1-17(2)18(3,4)27-19(26-17)12-8-20-16(21-9-12)28-11-13-6-5-7-22(13)15(25)14(24)10-23/h8-9,13-14,23-24H,5-7,10-11H2,1-4H3/t13-,14-/m1/s1. The molecule has 2 N–H and O–H groups in total. The quantitative estimate of drug-likeness (QED) is 0.391. The maximum Gasteiger partial charge on any atom is 0.498 e. The van der Waals surface area contributed by atoms with E-state index in [1.165, 1.54) is 11.8 Å². The molecule has 1 amide bonds. The van der Waals surface area contributed by atoms with E-state index in [4.69, 9.17) is 14.4 Å². The van der Waals surface area contributed by atoms with Crippen LogP contribution >= 0.6 is 11.8 Å². The number of aliphatic hydroxyl groups excluding tert-OH is 2. The second-order valence-corrected chi connectivity index (χ2v) is 9.21. The van der Waals surface area contributed by atoms with Crippen LogP contribution in [0.5, 0.6) is 0 Å². The van der Waals surface area contributed by atoms with Crippen molar-refractivity contribution in [3.05, 3.63) is 12.4 Å². The van der Waals surface area contributed by atoms with Crippen LogP contribution < -0.4 is 5.46 Å². The van der Waals surface area contributed by atoms with Gasteiger partial charge < -0.3 is 24.4 Å². The number of hydrogen-bond donors (Lipinski definition) is 2. The second kappa shape index (κ2) is 8.27. The van der Waals surface area contributed by atoms with Gasteiger partial charge >= 0.3 is 7.12 Å². The topological polar surface area (TPSA) is 105 Å². The molecule has 3 heterocycles. The van der Waals surface area contributed by atoms with Crippen LogP contribution in [-0.4, -0.2) is 80.4 Å². The summed E-state index contributed by atoms with van der Waals surface area (Å²) in [5.41, 5.74) is -0.0579. The van der Waals surface area contributed by atoms with Gasteiger partial charge in [-0.15, -0.1) is 0 Å². The summed E-state index contributed by atoms with van der Waals surface area (Å²) in [5, 5.41) is 19.2. The van der Waals surface area contributed by atoms with Gasteiger partial charge in [0.25, 0.3) is 5.91 Å². The molecule has 0 aliphatic carbocycles. The van der Waals surface area contributed by atoms with E-state index in [-0.39, 0.29) is 6.04 Å². The highest BCUT2D eigenvalue weighted by molar-refractivity contribution is 7.99. The van der Waals surface area contributed by atoms with Crippen LogP contribution in [0.2, 0.25) is 0 Å². The van der Waals surface area contributed by atoms with E-state index in [1.807, 2.05) is 27.7 Å². The SMILES string of the molecule is CC1(C)OB(c2cnc(SC[C@H]3CCCN3C(=O)[C@H](O)CO)nc2)OC1(C)C. The molecule has 10 heteroatoms. The van der Waals surface area contributed by atoms with E-state index in [9.17, 15) is 9.90 Å². The summed E-state index contributed by atoms with van der Waals surface area (Å²) in [6.07, 6.45) is 3.83. The van der Waals surface area contributed by atoms with Crippen LogP contribution in [0, 0.1) is 0 Å². The maximum absolute atomic E-state index is 12.1. The number of aromatic nitrogens is 2. The van der Waals surface area contributed by atoms with Gasteiger partial charge in [-0.25, -0.2) is 9.97 Å². The van der Waals surface area contributed by atoms with Crippen molar-refractivity contribution in [2.45, 2.75) is 69.0 Å². The Kier molecular flexibility index (Phi) is 6.36. The molecule has 2 aliphatic heterocycles. The first-order valence-corrected chi connectivity index (χ1v) is 10.5. The Labute approximate surface area is 170 Å². The molecule has 1 aromatic rings. The molecular weight excluding hydrogens is 381 g/mol. The number of aliphatic hydroxyl groups is 2. The number of rotatable bonds is 6. The molecule has 3 rings (SSSR count). The van der Waals surface area contributed by atoms with Crippen LogP contribution in [0.25, 0.3) is 0 Å². The Balaban J connectivity index is 1.57. The summed E-state index contributed by atoms with van der Waals surface area (Å²) in [4.78, 5) is 22.6. The Morgan fingerprint density at radius 2 is 1.93 bits per heavy atom. The molecule has 2 atom stereocenters. The van der Waals surface area contributed by atoms with Crippen molar-refractivity contribution in [3.63, 3.8) is 0 Å². The van der Waals surface area contributed by atoms with Gasteiger partial charge in [0, 0.05) is 36.2 Å². The predicted molar refractivity (Wildman–Crippen MR) is 106 cm³/mol. The summed E-state index contributed by atoms with van der Waals surface area (Å²) in [6, 6.07) is 0.00470. The average molecular weight is 409 g/mol. The molecule has 2 aliphatic rings. The lowest BCUT2D eigenvalue weighted by Crippen LogP contribution is -2.44. The number of nitrogens with zero attached hydrogens (tertiary/aromatic N) is 3. The molecule has 0 bridgehead atoms. The van der Waals surface area contributed by atoms with Crippen LogP contribution in [0.1, 0.15) is 40.5 Å². The third-order valence-corrected chi connectivity index (χ3v) is 6.72. The van der Waals surface area contributed by atoms with Crippen molar-refractivity contribution < 1.29 is 24.3 Å². The van der Waals surface area contributed by atoms with E-state index in [0.717, 1.165) is 18.3 Å². The highest BCUT2D eigenvalue weighted by atomic mass is 32.2. The normalized spacial score (nSPS) is 24.6. The van der Waals surface area contributed by atoms with Gasteiger partial charge in [0.1, 0.15) is 0 Å². The van der Waals surface area contributed by atoms with E-state index in [1.54, 1.807) is 17.3 Å². The van der Waals surface area contributed by atoms with Crippen molar-refractivity contribution >= 4 is 30.3 Å². The van der Waals surface area contributed by atoms with Gasteiger partial charge in [-0.1, -0.05) is 11.8 Å². The Bertz CT molecular complexity index is 687. The molecule has 0 aromatic carbocycles. The van der Waals surface area contributed by atoms with E-state index < -0.39 is 36.9 Å². The third kappa shape index (κ3) is 4.36. The maximum atomic E-state index is 12.1. The van der Waals surface area contributed by atoms with Crippen LogP contribution in [-0.2, 0) is 14.1 Å². The number of likely N-dealkylation sites (tertiary alicyclic amines) is 1. The lowest BCUT2D eigenvalue weighted by Gasteiger charge is -2.32. The molecule has 2 saturated heterocycles. The number of thioether (sulfide) groups is 1. The zero-order valence-corrected chi connectivity index (χ0v) is 17.6. The van der Waals surface area contributed by atoms with Gasteiger partial charge in [-0.05, 0) is 40.5 Å². The monoisotopic (exact) mass is 409 g/mol. The second-order valence-electron chi connectivity index (χ2n) is 8.22. The number of hydrogen-bond acceptors (Lipinski definition) is 8. The van der Waals surface area contributed by atoms with Gasteiger partial charge in [0.2, 0.25) is 0 Å². The molecule has 1 aromatic heterocycles. The zero-order chi connectivity index (χ0) is 20.5. The summed E-state index contributed by atoms with van der Waals surface area (Å²) >= 11 is 1.47. The van der Waals surface area contributed by atoms with Crippen LogP contribution in [0.15, 0.2) is 17.6 Å². The lowest BCUT2D eigenvalue weighted by atomic mass is 9.81. The summed E-state index contributed by atoms with van der Waals surface area (Å²) in [6.45, 7) is 8.04. The smallest absolute Gasteiger partial charge is 0.399 e. The van der Waals surface area contributed by atoms with Crippen LogP contribution in [0.4, 0.5) is 0 Å². The fraction of sp³-hybridized carbons (Fsp3) is 0.722. The first kappa shape index (κ1) is 21.5. The first-order valence-electron chi connectivity index (χ1n) is 9.54. The summed E-state index contributed by atoms with van der Waals surface area (Å²) in [7, 11) is -0.494. The highest BCUT2D eigenvalue weighted by Gasteiger charge is 2.52. The molecule has 0 unspecified atom stereocenters. The minimum absolute atomic E-state index is 0.00470. The molecule has 8 nitrogen and oxygen atoms in total. The minimum atomic E-state index is -1.35. The van der Waals surface area contributed by atoms with Crippen molar-refractivity contribution in [1.29, 1.82) is 0 Å². The zero-order valence-electron chi connectivity index (χ0n) is 16.8. The van der Waals surface area contributed by atoms with E-state index in [2.05, 4.69) is 9.97 Å². The van der Waals surface area contributed by atoms with Crippen molar-refractivity contribution in [2.75, 3.05) is 18.9 Å². The fourth-order valence-electron chi connectivity index (χ4n) is 3.24. The third-order valence-electron chi connectivity index (χ3n) is 5.70. The predicted octanol–water partition coefficient (Wildman–Crippen LogP) is 0.212. The fourth-order valence-corrected chi connectivity index (χ4v) is 4.18. The number of carbonyl (C=O) groups excluding carboxylic acids is 1. The van der Waals surface area contributed by atoms with Crippen molar-refractivity contribution in [1.82, 2.24) is 14.9 Å². The Hall–Kier alpha value is -1.20. The molecule has 0 saturated carbocycles. The molecule has 0 spiro atoms. The largest absolute Gasteiger partial charge is 0.498 e. The average Bonchev–Trinajstić information content (AvgIpc) is 3.20. The van der Waals surface area contributed by atoms with Crippen molar-refractivity contribution in [3.8, 4) is 0 Å². The van der Waals surface area contributed by atoms with E-state index >= 15 is 0 Å². The highest BCUT2D eigenvalue weighted by Crippen LogP contribution is 2.36. The number of amides is 1. The Morgan fingerprint density at radius 3 is 2.50 bits per heavy atom. The molecule has 2 fully saturated rings. The molecule has 0 radical (unpaired) electrons. The van der Waals surface area contributed by atoms with Gasteiger partial charge in [-0.3, -0.25) is 4.79 Å². The minimum Gasteiger partial charge on any atom is -0.399 e. The summed E-state index contributed by atoms with van der Waals surface area (Å²) < 4.78 is 12.0. The number of carbonyl (C=O) groups is 1. The van der Waals surface area contributed by atoms with Gasteiger partial charge in [0.15, 0.2) is 11.3 Å². The molecule has 154 valence electrons. The lowest BCUT2D eigenvalue weighted by molar-refractivity contribution is -0.142. The van der Waals surface area contributed by atoms with Crippen LogP contribution in [0.3, 0.4) is 0 Å². The van der Waals surface area contributed by atoms with E-state index in [0.29, 0.717) is 17.5 Å². The Morgan fingerprint density at radius 1 is 1.32 bits per heavy atom. The first-order chi connectivity index (χ1) is 13.1. The summed E-state index contributed by atoms with van der Waals surface area (Å²) in [5.74, 6) is 0.224. The van der Waals surface area contributed by atoms with Gasteiger partial charge in [-0.2, -0.15) is 0 Å². The van der Waals surface area contributed by atoms with Gasteiger partial charge in [0.05, 0.1) is 17.8 Å². The molecule has 28 heavy (non-hydrogen) atoms. The van der Waals surface area contributed by atoms with Crippen molar-refractivity contribution in [2.24, 2.45) is 0 Å².